The predicted molar refractivity (Wildman–Crippen MR) is 73.8 cm³/mol. The fourth-order valence-electron chi connectivity index (χ4n) is 2.50. The van der Waals surface area contributed by atoms with E-state index < -0.39 is 4.92 Å². The van der Waals surface area contributed by atoms with Gasteiger partial charge in [0.15, 0.2) is 0 Å². The molecule has 0 atom stereocenters. The fourth-order valence-corrected chi connectivity index (χ4v) is 2.50. The second-order valence-corrected chi connectivity index (χ2v) is 4.93. The summed E-state index contributed by atoms with van der Waals surface area (Å²) >= 11 is 0. The molecule has 0 aliphatic heterocycles. The van der Waals surface area contributed by atoms with Crippen molar-refractivity contribution in [3.05, 3.63) is 16.4 Å². The maximum absolute atomic E-state index is 11.1. The number of anilines is 1. The average Bonchev–Trinajstić information content (AvgIpc) is 2.47. The summed E-state index contributed by atoms with van der Waals surface area (Å²) in [5.74, 6) is -0.348. The van der Waals surface area contributed by atoms with E-state index in [1.54, 1.807) is 0 Å². The number of nitrogens with two attached hydrogens (primary N) is 1. The van der Waals surface area contributed by atoms with Crippen LogP contribution in [0.15, 0.2) is 6.33 Å². The number of nitrogens with zero attached hydrogens (tertiary/aromatic N) is 3. The van der Waals surface area contributed by atoms with Gasteiger partial charge in [-0.3, -0.25) is 14.9 Å². The van der Waals surface area contributed by atoms with Crippen LogP contribution in [0.3, 0.4) is 0 Å². The number of nitro groups is 1. The van der Waals surface area contributed by atoms with Crippen molar-refractivity contribution in [2.45, 2.75) is 31.7 Å². The van der Waals surface area contributed by atoms with Crippen LogP contribution >= 0.6 is 0 Å². The highest BCUT2D eigenvalue weighted by Crippen LogP contribution is 2.33. The lowest BCUT2D eigenvalue weighted by Crippen LogP contribution is -2.32. The molecule has 1 saturated carbocycles. The molecular formula is C12H17N5O4. The minimum atomic E-state index is -0.573. The molecule has 1 aliphatic carbocycles. The first-order chi connectivity index (χ1) is 10.0. The van der Waals surface area contributed by atoms with Crippen LogP contribution in [0.5, 0.6) is 5.88 Å². The maximum Gasteiger partial charge on any atom is 0.372 e. The van der Waals surface area contributed by atoms with Gasteiger partial charge in [-0.05, 0) is 25.7 Å². The summed E-state index contributed by atoms with van der Waals surface area (Å²) in [7, 11) is 1.32. The topological polar surface area (TPSA) is 133 Å². The molecule has 3 N–H and O–H groups in total. The zero-order valence-electron chi connectivity index (χ0n) is 11.6. The van der Waals surface area contributed by atoms with Crippen LogP contribution in [0.1, 0.15) is 25.7 Å². The molecular weight excluding hydrogens is 278 g/mol. The van der Waals surface area contributed by atoms with Gasteiger partial charge in [0.1, 0.15) is 6.33 Å². The summed E-state index contributed by atoms with van der Waals surface area (Å²) < 4.78 is 4.89. The van der Waals surface area contributed by atoms with Crippen molar-refractivity contribution < 1.29 is 14.5 Å². The highest BCUT2D eigenvalue weighted by atomic mass is 16.6. The van der Waals surface area contributed by atoms with Gasteiger partial charge < -0.3 is 15.8 Å². The van der Waals surface area contributed by atoms with Crippen molar-refractivity contribution in [3.8, 4) is 5.88 Å². The molecule has 9 nitrogen and oxygen atoms in total. The summed E-state index contributed by atoms with van der Waals surface area (Å²) in [6.45, 7) is 0. The molecule has 1 fully saturated rings. The average molecular weight is 295 g/mol. The summed E-state index contributed by atoms with van der Waals surface area (Å²) in [6, 6.07) is 0.0129. The van der Waals surface area contributed by atoms with E-state index in [9.17, 15) is 14.9 Å². The van der Waals surface area contributed by atoms with Crippen LogP contribution in [-0.4, -0.2) is 34.0 Å². The zero-order valence-corrected chi connectivity index (χ0v) is 11.6. The van der Waals surface area contributed by atoms with Crippen molar-refractivity contribution in [1.29, 1.82) is 0 Å². The van der Waals surface area contributed by atoms with E-state index in [1.165, 1.54) is 13.4 Å². The van der Waals surface area contributed by atoms with Crippen LogP contribution in [0.2, 0.25) is 0 Å². The number of nitrogens with one attached hydrogen (secondary N) is 1. The van der Waals surface area contributed by atoms with Crippen LogP contribution < -0.4 is 15.8 Å². The zero-order chi connectivity index (χ0) is 15.4. The molecule has 0 radical (unpaired) electrons. The minimum absolute atomic E-state index is 0.0129. The Labute approximate surface area is 121 Å². The number of primary amides is 1. The molecule has 0 bridgehead atoms. The van der Waals surface area contributed by atoms with Gasteiger partial charge in [-0.2, -0.15) is 4.98 Å². The molecule has 114 valence electrons. The lowest BCUT2D eigenvalue weighted by atomic mass is 9.85. The number of carbonyl (C=O) groups excluding carboxylic acids is 1. The number of aromatic nitrogens is 2. The first-order valence-corrected chi connectivity index (χ1v) is 6.62. The lowest BCUT2D eigenvalue weighted by Gasteiger charge is -2.27. The Morgan fingerprint density at radius 1 is 1.43 bits per heavy atom. The third-order valence-electron chi connectivity index (χ3n) is 3.64. The van der Waals surface area contributed by atoms with Gasteiger partial charge in [-0.15, -0.1) is 0 Å². The van der Waals surface area contributed by atoms with Gasteiger partial charge in [0.25, 0.3) is 5.88 Å². The molecule has 0 spiro atoms. The Kier molecular flexibility index (Phi) is 4.51. The second kappa shape index (κ2) is 6.33. The van der Waals surface area contributed by atoms with Crippen molar-refractivity contribution in [2.24, 2.45) is 11.7 Å². The molecule has 0 aromatic carbocycles. The monoisotopic (exact) mass is 295 g/mol. The van der Waals surface area contributed by atoms with Crippen LogP contribution in [0.25, 0.3) is 0 Å². The molecule has 0 unspecified atom stereocenters. The van der Waals surface area contributed by atoms with E-state index in [2.05, 4.69) is 15.3 Å². The van der Waals surface area contributed by atoms with Crippen molar-refractivity contribution in [2.75, 3.05) is 12.4 Å². The van der Waals surface area contributed by atoms with Gasteiger partial charge in [0, 0.05) is 12.0 Å². The number of rotatable bonds is 5. The van der Waals surface area contributed by atoms with Crippen molar-refractivity contribution in [3.63, 3.8) is 0 Å². The highest BCUT2D eigenvalue weighted by Gasteiger charge is 2.29. The van der Waals surface area contributed by atoms with Gasteiger partial charge in [-0.1, -0.05) is 0 Å². The van der Waals surface area contributed by atoms with Gasteiger partial charge in [0.05, 0.1) is 12.0 Å². The normalized spacial score (nSPS) is 21.6. The van der Waals surface area contributed by atoms with E-state index in [0.29, 0.717) is 25.7 Å². The molecule has 1 heterocycles. The van der Waals surface area contributed by atoms with Crippen molar-refractivity contribution in [1.82, 2.24) is 9.97 Å². The van der Waals surface area contributed by atoms with E-state index >= 15 is 0 Å². The predicted octanol–water partition coefficient (Wildman–Crippen LogP) is 0.849. The fraction of sp³-hybridized carbons (Fsp3) is 0.583. The number of hydrogen-bond donors (Lipinski definition) is 2. The summed E-state index contributed by atoms with van der Waals surface area (Å²) in [5.41, 5.74) is 5.00. The van der Waals surface area contributed by atoms with Crippen LogP contribution in [-0.2, 0) is 4.79 Å². The molecule has 0 saturated heterocycles. The number of hydrogen-bond acceptors (Lipinski definition) is 7. The highest BCUT2D eigenvalue weighted by molar-refractivity contribution is 5.76. The maximum atomic E-state index is 11.1. The minimum Gasteiger partial charge on any atom is -0.476 e. The first-order valence-electron chi connectivity index (χ1n) is 6.62. The number of ether oxygens (including phenoxy) is 1. The van der Waals surface area contributed by atoms with E-state index in [4.69, 9.17) is 10.5 Å². The molecule has 21 heavy (non-hydrogen) atoms. The standard InChI is InChI=1S/C12H17N5O4/c1-21-12-9(17(19)20)11(14-6-15-12)16-8-4-2-7(3-5-8)10(13)18/h6-8H,2-5H2,1H3,(H2,13,18)(H,14,15,16). The summed E-state index contributed by atoms with van der Waals surface area (Å²) in [6.07, 6.45) is 3.96. The van der Waals surface area contributed by atoms with Gasteiger partial charge in [-0.25, -0.2) is 4.98 Å². The summed E-state index contributed by atoms with van der Waals surface area (Å²) in [5, 5.41) is 14.2. The summed E-state index contributed by atoms with van der Waals surface area (Å²) in [4.78, 5) is 29.3. The Balaban J connectivity index is 2.10. The molecule has 1 aliphatic rings. The van der Waals surface area contributed by atoms with Crippen LogP contribution in [0.4, 0.5) is 11.5 Å². The number of carbonyl (C=O) groups is 1. The largest absolute Gasteiger partial charge is 0.476 e. The third-order valence-corrected chi connectivity index (χ3v) is 3.64. The Morgan fingerprint density at radius 2 is 2.10 bits per heavy atom. The first kappa shape index (κ1) is 14.9. The Bertz CT molecular complexity index is 542. The lowest BCUT2D eigenvalue weighted by molar-refractivity contribution is -0.385. The van der Waals surface area contributed by atoms with Gasteiger partial charge >= 0.3 is 5.69 Å². The number of methoxy groups -OCH3 is 1. The van der Waals surface area contributed by atoms with E-state index in [0.717, 1.165) is 0 Å². The van der Waals surface area contributed by atoms with E-state index in [1.807, 2.05) is 0 Å². The molecule has 1 aromatic rings. The molecule has 2 rings (SSSR count). The number of amides is 1. The second-order valence-electron chi connectivity index (χ2n) is 4.93. The van der Waals surface area contributed by atoms with Crippen LogP contribution in [0, 0.1) is 16.0 Å². The molecule has 9 heteroatoms. The van der Waals surface area contributed by atoms with Gasteiger partial charge in [0.2, 0.25) is 11.7 Å². The Morgan fingerprint density at radius 3 is 2.62 bits per heavy atom. The smallest absolute Gasteiger partial charge is 0.372 e. The molecule has 1 amide bonds. The SMILES string of the molecule is COc1ncnc(NC2CCC(C(N)=O)CC2)c1[N+](=O)[O-]. The van der Waals surface area contributed by atoms with E-state index in [-0.39, 0.29) is 35.3 Å². The Hall–Kier alpha value is -2.45. The van der Waals surface area contributed by atoms with Crippen molar-refractivity contribution >= 4 is 17.4 Å². The quantitative estimate of drug-likeness (QED) is 0.607. The molecule has 1 aromatic heterocycles. The third kappa shape index (κ3) is 3.36.